The molecule has 0 saturated carbocycles. The Labute approximate surface area is 154 Å². The molecule has 0 aromatic heterocycles. The van der Waals surface area contributed by atoms with Gasteiger partial charge in [-0.15, -0.1) is 0 Å². The van der Waals surface area contributed by atoms with E-state index in [4.69, 9.17) is 16.3 Å². The van der Waals surface area contributed by atoms with Gasteiger partial charge in [-0.2, -0.15) is 4.72 Å². The zero-order chi connectivity index (χ0) is 19.5. The van der Waals surface area contributed by atoms with E-state index in [0.717, 1.165) is 12.1 Å². The van der Waals surface area contributed by atoms with Crippen molar-refractivity contribution < 1.29 is 26.7 Å². The lowest BCUT2D eigenvalue weighted by Crippen LogP contribution is -2.41. The van der Waals surface area contributed by atoms with Crippen molar-refractivity contribution in [3.05, 3.63) is 53.1 Å². The van der Waals surface area contributed by atoms with Crippen LogP contribution in [0.25, 0.3) is 0 Å². The van der Waals surface area contributed by atoms with Crippen molar-refractivity contribution in [2.24, 2.45) is 0 Å². The van der Waals surface area contributed by atoms with Gasteiger partial charge < -0.3 is 10.1 Å². The Balaban J connectivity index is 2.13. The van der Waals surface area contributed by atoms with Crippen LogP contribution >= 0.6 is 11.6 Å². The van der Waals surface area contributed by atoms with Crippen molar-refractivity contribution in [1.82, 2.24) is 4.72 Å². The van der Waals surface area contributed by atoms with Gasteiger partial charge in [0.1, 0.15) is 17.4 Å². The molecule has 0 radical (unpaired) electrons. The first kappa shape index (κ1) is 20.1. The second-order valence-corrected chi connectivity index (χ2v) is 7.37. The molecule has 2 N–H and O–H groups in total. The van der Waals surface area contributed by atoms with Gasteiger partial charge in [0.15, 0.2) is 0 Å². The van der Waals surface area contributed by atoms with Crippen LogP contribution in [0.5, 0.6) is 5.75 Å². The molecule has 26 heavy (non-hydrogen) atoms. The van der Waals surface area contributed by atoms with Gasteiger partial charge in [-0.1, -0.05) is 11.6 Å². The van der Waals surface area contributed by atoms with E-state index in [1.807, 2.05) is 0 Å². The maximum Gasteiger partial charge on any atom is 0.242 e. The largest absolute Gasteiger partial charge is 0.495 e. The van der Waals surface area contributed by atoms with E-state index in [1.165, 1.54) is 32.2 Å². The van der Waals surface area contributed by atoms with Crippen molar-refractivity contribution in [2.75, 3.05) is 12.4 Å². The Kier molecular flexibility index (Phi) is 6.17. The molecular weight excluding hydrogens is 390 g/mol. The number of halogens is 3. The highest BCUT2D eigenvalue weighted by molar-refractivity contribution is 7.89. The summed E-state index contributed by atoms with van der Waals surface area (Å²) in [5.41, 5.74) is -0.269. The Morgan fingerprint density at radius 1 is 1.19 bits per heavy atom. The minimum atomic E-state index is -4.07. The second kappa shape index (κ2) is 7.98. The van der Waals surface area contributed by atoms with Crippen LogP contribution in [0.4, 0.5) is 14.5 Å². The smallest absolute Gasteiger partial charge is 0.242 e. The van der Waals surface area contributed by atoms with Crippen molar-refractivity contribution >= 4 is 33.2 Å². The van der Waals surface area contributed by atoms with Crippen LogP contribution in [0.15, 0.2) is 41.3 Å². The summed E-state index contributed by atoms with van der Waals surface area (Å²) < 4.78 is 58.2. The highest BCUT2D eigenvalue weighted by Gasteiger charge is 2.23. The van der Waals surface area contributed by atoms with Gasteiger partial charge >= 0.3 is 0 Å². The first-order chi connectivity index (χ1) is 12.1. The third-order valence-electron chi connectivity index (χ3n) is 3.35. The molecule has 2 aromatic carbocycles. The van der Waals surface area contributed by atoms with E-state index < -0.39 is 33.6 Å². The van der Waals surface area contributed by atoms with E-state index in [0.29, 0.717) is 11.8 Å². The number of sulfonamides is 1. The number of hydrogen-bond donors (Lipinski definition) is 2. The summed E-state index contributed by atoms with van der Waals surface area (Å²) >= 11 is 5.90. The Morgan fingerprint density at radius 2 is 1.88 bits per heavy atom. The number of rotatable bonds is 6. The fraction of sp³-hybridized carbons (Fsp3) is 0.188. The number of ether oxygens (including phenoxy) is 1. The van der Waals surface area contributed by atoms with Crippen LogP contribution in [0.1, 0.15) is 6.92 Å². The average molecular weight is 405 g/mol. The molecule has 0 aliphatic heterocycles. The third-order valence-corrected chi connectivity index (χ3v) is 5.18. The number of amides is 1. The number of nitrogens with one attached hydrogen (secondary N) is 2. The van der Waals surface area contributed by atoms with Crippen molar-refractivity contribution in [2.45, 2.75) is 17.9 Å². The number of methoxy groups -OCH3 is 1. The molecule has 0 aliphatic rings. The van der Waals surface area contributed by atoms with Gasteiger partial charge in [-0.3, -0.25) is 4.79 Å². The average Bonchev–Trinajstić information content (AvgIpc) is 2.56. The van der Waals surface area contributed by atoms with Gasteiger partial charge in [0, 0.05) is 6.07 Å². The number of benzene rings is 2. The van der Waals surface area contributed by atoms with Crippen LogP contribution in [0.3, 0.4) is 0 Å². The lowest BCUT2D eigenvalue weighted by molar-refractivity contribution is -0.117. The second-order valence-electron chi connectivity index (χ2n) is 5.25. The molecule has 0 aliphatic carbocycles. The molecule has 2 aromatic rings. The van der Waals surface area contributed by atoms with Crippen LogP contribution in [0.2, 0.25) is 5.02 Å². The molecule has 0 spiro atoms. The number of carbonyl (C=O) groups is 1. The van der Waals surface area contributed by atoms with E-state index in [2.05, 4.69) is 10.0 Å². The highest BCUT2D eigenvalue weighted by atomic mass is 35.5. The van der Waals surface area contributed by atoms with Gasteiger partial charge in [-0.25, -0.2) is 17.2 Å². The number of carbonyl (C=O) groups excluding carboxylic acids is 1. The van der Waals surface area contributed by atoms with Crippen LogP contribution in [-0.2, 0) is 14.8 Å². The quantitative estimate of drug-likeness (QED) is 0.775. The Hall–Kier alpha value is -2.23. The van der Waals surface area contributed by atoms with E-state index >= 15 is 0 Å². The SMILES string of the molecule is COc1ccc(S(=O)(=O)N[C@@H](C)C(=O)Nc2ccc(F)cc2F)cc1Cl. The summed E-state index contributed by atoms with van der Waals surface area (Å²) in [6.45, 7) is 1.28. The third kappa shape index (κ3) is 4.69. The molecule has 0 unspecified atom stereocenters. The lowest BCUT2D eigenvalue weighted by Gasteiger charge is -2.15. The molecular formula is C16H15ClF2N2O4S. The highest BCUT2D eigenvalue weighted by Crippen LogP contribution is 2.27. The van der Waals surface area contributed by atoms with Crippen LogP contribution in [0, 0.1) is 11.6 Å². The van der Waals surface area contributed by atoms with E-state index in [1.54, 1.807) is 0 Å². The maximum absolute atomic E-state index is 13.6. The standard InChI is InChI=1S/C16H15ClF2N2O4S/c1-9(16(22)20-14-5-3-10(18)7-13(14)19)21-26(23,24)11-4-6-15(25-2)12(17)8-11/h3-9,21H,1-2H3,(H,20,22)/t9-/m0/s1. The Morgan fingerprint density at radius 3 is 2.46 bits per heavy atom. The predicted molar refractivity (Wildman–Crippen MR) is 92.8 cm³/mol. The van der Waals surface area contributed by atoms with Gasteiger partial charge in [0.2, 0.25) is 15.9 Å². The summed E-state index contributed by atoms with van der Waals surface area (Å²) in [7, 11) is -2.68. The van der Waals surface area contributed by atoms with Crippen LogP contribution in [-0.4, -0.2) is 27.5 Å². The molecule has 6 nitrogen and oxygen atoms in total. The monoisotopic (exact) mass is 404 g/mol. The molecule has 0 saturated heterocycles. The van der Waals surface area contributed by atoms with E-state index in [-0.39, 0.29) is 15.6 Å². The molecule has 0 fully saturated rings. The molecule has 2 rings (SSSR count). The zero-order valence-electron chi connectivity index (χ0n) is 13.7. The topological polar surface area (TPSA) is 84.5 Å². The van der Waals surface area contributed by atoms with Gasteiger partial charge in [0.05, 0.1) is 28.8 Å². The molecule has 1 atom stereocenters. The Bertz CT molecular complexity index is 938. The molecule has 0 heterocycles. The molecule has 140 valence electrons. The first-order valence-corrected chi connectivity index (χ1v) is 9.12. The van der Waals surface area contributed by atoms with Gasteiger partial charge in [0.25, 0.3) is 0 Å². The summed E-state index contributed by atoms with van der Waals surface area (Å²) in [5, 5.41) is 2.27. The lowest BCUT2D eigenvalue weighted by atomic mass is 10.2. The van der Waals surface area contributed by atoms with Crippen molar-refractivity contribution in [1.29, 1.82) is 0 Å². The molecule has 0 bridgehead atoms. The summed E-state index contributed by atoms with van der Waals surface area (Å²) in [6, 6.07) is 5.18. The fourth-order valence-electron chi connectivity index (χ4n) is 2.00. The summed E-state index contributed by atoms with van der Waals surface area (Å²) in [5.74, 6) is -2.30. The maximum atomic E-state index is 13.6. The van der Waals surface area contributed by atoms with E-state index in [9.17, 15) is 22.0 Å². The summed E-state index contributed by atoms with van der Waals surface area (Å²) in [4.78, 5) is 11.9. The minimum Gasteiger partial charge on any atom is -0.495 e. The molecule has 1 amide bonds. The first-order valence-electron chi connectivity index (χ1n) is 7.26. The van der Waals surface area contributed by atoms with Gasteiger partial charge in [-0.05, 0) is 37.3 Å². The van der Waals surface area contributed by atoms with Crippen molar-refractivity contribution in [3.63, 3.8) is 0 Å². The normalized spacial score (nSPS) is 12.5. The fourth-order valence-corrected chi connectivity index (χ4v) is 3.55. The summed E-state index contributed by atoms with van der Waals surface area (Å²) in [6.07, 6.45) is 0. The minimum absolute atomic E-state index is 0.0841. The predicted octanol–water partition coefficient (Wildman–Crippen LogP) is 2.93. The molecule has 10 heteroatoms. The van der Waals surface area contributed by atoms with Crippen LogP contribution < -0.4 is 14.8 Å². The number of anilines is 1. The zero-order valence-corrected chi connectivity index (χ0v) is 15.3. The van der Waals surface area contributed by atoms with Crippen molar-refractivity contribution in [3.8, 4) is 5.75 Å². The number of hydrogen-bond acceptors (Lipinski definition) is 4.